The molecule has 0 saturated heterocycles. The Morgan fingerprint density at radius 1 is 1.09 bits per heavy atom. The van der Waals surface area contributed by atoms with Crippen LogP contribution in [-0.2, 0) is 6.18 Å². The van der Waals surface area contributed by atoms with E-state index in [-0.39, 0.29) is 47.6 Å². The molecule has 4 aromatic rings. The molecule has 1 atom stereocenters. The summed E-state index contributed by atoms with van der Waals surface area (Å²) in [5.74, 6) is -2.84. The Morgan fingerprint density at radius 2 is 1.88 bits per heavy atom. The van der Waals surface area contributed by atoms with Gasteiger partial charge in [0.05, 0.1) is 11.1 Å². The minimum atomic E-state index is -4.73. The molecule has 1 aliphatic carbocycles. The van der Waals surface area contributed by atoms with E-state index in [1.54, 1.807) is 18.5 Å². The molecule has 7 nitrogen and oxygen atoms in total. The molecule has 0 spiro atoms. The topological polar surface area (TPSA) is 92.7 Å². The van der Waals surface area contributed by atoms with Gasteiger partial charge in [-0.1, -0.05) is 0 Å². The van der Waals surface area contributed by atoms with Crippen molar-refractivity contribution in [3.05, 3.63) is 94.0 Å². The molecule has 1 heterocycles. The SMILES string of the molecule is Cc1cc(F)ccc1Oc1cc(C2CC2)c(C(F)(F)F)cc1C(=O)Nc1ccc(F)c(OCC(O)CNc2nccs2)c1. The first-order valence-corrected chi connectivity index (χ1v) is 14.1. The van der Waals surface area contributed by atoms with Gasteiger partial charge in [0.1, 0.15) is 30.0 Å². The number of ether oxygens (including phenoxy) is 2. The van der Waals surface area contributed by atoms with Crippen molar-refractivity contribution in [3.8, 4) is 17.2 Å². The van der Waals surface area contributed by atoms with E-state index in [0.29, 0.717) is 23.5 Å². The average molecular weight is 620 g/mol. The molecular weight excluding hydrogens is 593 g/mol. The first-order valence-electron chi connectivity index (χ1n) is 13.2. The minimum Gasteiger partial charge on any atom is -0.488 e. The van der Waals surface area contributed by atoms with E-state index < -0.39 is 40.9 Å². The number of benzene rings is 3. The number of aryl methyl sites for hydroxylation is 1. The molecule has 3 aromatic carbocycles. The van der Waals surface area contributed by atoms with Gasteiger partial charge in [-0.2, -0.15) is 13.2 Å². The van der Waals surface area contributed by atoms with E-state index >= 15 is 0 Å². The minimum absolute atomic E-state index is 0.0131. The molecule has 1 amide bonds. The second kappa shape index (κ2) is 12.6. The summed E-state index contributed by atoms with van der Waals surface area (Å²) >= 11 is 1.34. The number of thiazole rings is 1. The monoisotopic (exact) mass is 619 g/mol. The lowest BCUT2D eigenvalue weighted by molar-refractivity contribution is -0.138. The maximum Gasteiger partial charge on any atom is 0.416 e. The molecule has 13 heteroatoms. The lowest BCUT2D eigenvalue weighted by atomic mass is 9.98. The van der Waals surface area contributed by atoms with Crippen molar-refractivity contribution in [2.75, 3.05) is 23.8 Å². The molecule has 1 unspecified atom stereocenters. The van der Waals surface area contributed by atoms with Crippen molar-refractivity contribution in [1.29, 1.82) is 0 Å². The van der Waals surface area contributed by atoms with Crippen LogP contribution in [0.25, 0.3) is 0 Å². The third-order valence-electron chi connectivity index (χ3n) is 6.62. The van der Waals surface area contributed by atoms with Gasteiger partial charge in [-0.05, 0) is 79.3 Å². The second-order valence-corrected chi connectivity index (χ2v) is 10.9. The smallest absolute Gasteiger partial charge is 0.416 e. The number of anilines is 2. The highest BCUT2D eigenvalue weighted by atomic mass is 32.1. The van der Waals surface area contributed by atoms with Gasteiger partial charge in [0.15, 0.2) is 16.7 Å². The molecular formula is C30H26F5N3O4S. The number of carbonyl (C=O) groups is 1. The molecule has 1 aliphatic rings. The lowest BCUT2D eigenvalue weighted by Gasteiger charge is -2.19. The van der Waals surface area contributed by atoms with Crippen molar-refractivity contribution >= 4 is 28.1 Å². The van der Waals surface area contributed by atoms with Gasteiger partial charge in [-0.15, -0.1) is 11.3 Å². The molecule has 43 heavy (non-hydrogen) atoms. The largest absolute Gasteiger partial charge is 0.488 e. The lowest BCUT2D eigenvalue weighted by Crippen LogP contribution is -2.26. The maximum absolute atomic E-state index is 14.5. The molecule has 1 fully saturated rings. The Labute approximate surface area is 247 Å². The van der Waals surface area contributed by atoms with Crippen LogP contribution in [0.4, 0.5) is 32.8 Å². The third kappa shape index (κ3) is 7.59. The van der Waals surface area contributed by atoms with Gasteiger partial charge in [0, 0.05) is 29.9 Å². The summed E-state index contributed by atoms with van der Waals surface area (Å²) in [5, 5.41) is 17.9. The molecule has 0 bridgehead atoms. The quantitative estimate of drug-likeness (QED) is 0.151. The van der Waals surface area contributed by atoms with Crippen LogP contribution in [0.2, 0.25) is 0 Å². The van der Waals surface area contributed by atoms with Crippen molar-refractivity contribution in [1.82, 2.24) is 4.98 Å². The summed E-state index contributed by atoms with van der Waals surface area (Å²) in [4.78, 5) is 17.4. The average Bonchev–Trinajstić information content (AvgIpc) is 3.67. The fourth-order valence-corrected chi connectivity index (χ4v) is 4.87. The zero-order valence-corrected chi connectivity index (χ0v) is 23.5. The number of halogens is 5. The molecule has 0 aliphatic heterocycles. The van der Waals surface area contributed by atoms with Crippen molar-refractivity contribution in [2.45, 2.75) is 38.0 Å². The highest BCUT2D eigenvalue weighted by Gasteiger charge is 2.40. The number of aliphatic hydroxyl groups is 1. The summed E-state index contributed by atoms with van der Waals surface area (Å²) in [6.07, 6.45) is -3.03. The van der Waals surface area contributed by atoms with Gasteiger partial charge < -0.3 is 25.2 Å². The van der Waals surface area contributed by atoms with Crippen molar-refractivity contribution < 1.29 is 41.3 Å². The predicted molar refractivity (Wildman–Crippen MR) is 151 cm³/mol. The number of amides is 1. The number of nitrogens with zero attached hydrogens (tertiary/aromatic N) is 1. The van der Waals surface area contributed by atoms with Crippen molar-refractivity contribution in [3.63, 3.8) is 0 Å². The van der Waals surface area contributed by atoms with Crippen LogP contribution in [0.1, 0.15) is 45.8 Å². The zero-order valence-electron chi connectivity index (χ0n) is 22.7. The first kappa shape index (κ1) is 30.2. The van der Waals surface area contributed by atoms with Crippen molar-refractivity contribution in [2.24, 2.45) is 0 Å². The van der Waals surface area contributed by atoms with Crippen LogP contribution in [0.15, 0.2) is 60.1 Å². The van der Waals surface area contributed by atoms with Crippen LogP contribution < -0.4 is 20.1 Å². The summed E-state index contributed by atoms with van der Waals surface area (Å²) in [6, 6.07) is 9.00. The number of nitrogens with one attached hydrogen (secondary N) is 2. The molecule has 0 radical (unpaired) electrons. The summed E-state index contributed by atoms with van der Waals surface area (Å²) in [7, 11) is 0. The fraction of sp³-hybridized carbons (Fsp3) is 0.267. The van der Waals surface area contributed by atoms with Gasteiger partial charge in [-0.3, -0.25) is 4.79 Å². The van der Waals surface area contributed by atoms with Crippen LogP contribution in [-0.4, -0.2) is 35.3 Å². The number of alkyl halides is 3. The number of hydrogen-bond donors (Lipinski definition) is 3. The number of aliphatic hydroxyl groups excluding tert-OH is 1. The number of aromatic nitrogens is 1. The summed E-state index contributed by atoms with van der Waals surface area (Å²) < 4.78 is 81.6. The standard InChI is InChI=1S/C30H26F5N3O4S/c1-16-10-18(31)4-7-25(16)42-26-13-21(17-2-3-17)23(30(33,34)35)12-22(26)28(40)38-19-5-6-24(32)27(11-19)41-15-20(39)14-37-29-36-8-9-43-29/h4-13,17,20,39H,2-3,14-15H2,1H3,(H,36,37)(H,38,40). The molecule has 1 saturated carbocycles. The Bertz CT molecular complexity index is 1610. The highest BCUT2D eigenvalue weighted by Crippen LogP contribution is 2.48. The van der Waals surface area contributed by atoms with Gasteiger partial charge in [-0.25, -0.2) is 13.8 Å². The predicted octanol–water partition coefficient (Wildman–Crippen LogP) is 7.52. The van der Waals surface area contributed by atoms with Gasteiger partial charge >= 0.3 is 6.18 Å². The van der Waals surface area contributed by atoms with E-state index in [9.17, 15) is 31.9 Å². The van der Waals surface area contributed by atoms with Gasteiger partial charge in [0.2, 0.25) is 0 Å². The normalized spacial score (nSPS) is 13.8. The Hall–Kier alpha value is -4.23. The number of carbonyl (C=O) groups excluding carboxylic acids is 1. The van der Waals surface area contributed by atoms with Crippen LogP contribution in [0, 0.1) is 18.6 Å². The van der Waals surface area contributed by atoms with Crippen LogP contribution in [0.3, 0.4) is 0 Å². The highest BCUT2D eigenvalue weighted by molar-refractivity contribution is 7.13. The van der Waals surface area contributed by atoms with E-state index in [2.05, 4.69) is 15.6 Å². The van der Waals surface area contributed by atoms with E-state index in [0.717, 1.165) is 24.3 Å². The summed E-state index contributed by atoms with van der Waals surface area (Å²) in [6.45, 7) is 1.36. The van der Waals surface area contributed by atoms with Gasteiger partial charge in [0.25, 0.3) is 5.91 Å². The second-order valence-electron chi connectivity index (χ2n) is 10.0. The summed E-state index contributed by atoms with van der Waals surface area (Å²) in [5.41, 5.74) is -0.953. The molecule has 3 N–H and O–H groups in total. The third-order valence-corrected chi connectivity index (χ3v) is 7.35. The van der Waals surface area contributed by atoms with E-state index in [1.807, 2.05) is 0 Å². The maximum atomic E-state index is 14.5. The van der Waals surface area contributed by atoms with E-state index in [4.69, 9.17) is 9.47 Å². The fourth-order valence-electron chi connectivity index (χ4n) is 4.33. The number of rotatable bonds is 11. The Balaban J connectivity index is 1.38. The van der Waals surface area contributed by atoms with Crippen LogP contribution in [0.5, 0.6) is 17.2 Å². The Kier molecular flexibility index (Phi) is 8.83. The van der Waals surface area contributed by atoms with E-state index in [1.165, 1.54) is 35.6 Å². The molecule has 5 rings (SSSR count). The first-order chi connectivity index (χ1) is 20.5. The molecule has 1 aromatic heterocycles. The zero-order chi connectivity index (χ0) is 30.7. The molecule has 226 valence electrons. The Morgan fingerprint density at radius 3 is 2.56 bits per heavy atom. The number of hydrogen-bond acceptors (Lipinski definition) is 7. The van der Waals surface area contributed by atoms with Crippen LogP contribution >= 0.6 is 11.3 Å².